The van der Waals surface area contributed by atoms with Crippen molar-refractivity contribution in [2.24, 2.45) is 0 Å². The van der Waals surface area contributed by atoms with E-state index in [9.17, 15) is 0 Å². The molecule has 2 heteroatoms. The van der Waals surface area contributed by atoms with E-state index in [-0.39, 0.29) is 24.0 Å². The average Bonchev–Trinajstić information content (AvgIpc) is 2.51. The maximum atomic E-state index is 2.23. The number of hydrogen-bond donors (Lipinski definition) is 0. The zero-order valence-electron chi connectivity index (χ0n) is 11.0. The molecule has 3 aromatic rings. The van der Waals surface area contributed by atoms with E-state index in [1.54, 1.807) is 0 Å². The van der Waals surface area contributed by atoms with Crippen molar-refractivity contribution in [3.8, 4) is 0 Å². The molecule has 0 amide bonds. The lowest BCUT2D eigenvalue weighted by Crippen LogP contribution is -3.00. The van der Waals surface area contributed by atoms with Crippen molar-refractivity contribution in [3.63, 3.8) is 0 Å². The van der Waals surface area contributed by atoms with Crippen LogP contribution in [0, 0.1) is 0 Å². The number of halogens is 1. The molecular formula is C18H15IP-. The molecule has 0 saturated carbocycles. The third-order valence-corrected chi connectivity index (χ3v) is 5.49. The molecule has 0 fully saturated rings. The van der Waals surface area contributed by atoms with Gasteiger partial charge in [0, 0.05) is 0 Å². The van der Waals surface area contributed by atoms with Gasteiger partial charge in [-0.25, -0.2) is 0 Å². The number of hydrogen-bond acceptors (Lipinski definition) is 0. The Morgan fingerprint density at radius 3 is 0.900 bits per heavy atom. The summed E-state index contributed by atoms with van der Waals surface area (Å²) in [6.45, 7) is 0. The zero-order chi connectivity index (χ0) is 12.9. The molecule has 0 aliphatic carbocycles. The summed E-state index contributed by atoms with van der Waals surface area (Å²) < 4.78 is 0. The van der Waals surface area contributed by atoms with Crippen LogP contribution >= 0.6 is 7.92 Å². The van der Waals surface area contributed by atoms with Gasteiger partial charge in [0.15, 0.2) is 0 Å². The van der Waals surface area contributed by atoms with Crippen LogP contribution in [0.1, 0.15) is 0 Å². The number of benzene rings is 3. The molecule has 3 aromatic carbocycles. The minimum Gasteiger partial charge on any atom is -1.00 e. The summed E-state index contributed by atoms with van der Waals surface area (Å²) in [5, 5.41) is 4.19. The molecule has 0 nitrogen and oxygen atoms in total. The van der Waals surface area contributed by atoms with E-state index in [4.69, 9.17) is 0 Å². The van der Waals surface area contributed by atoms with Gasteiger partial charge in [0.2, 0.25) is 0 Å². The molecular weight excluding hydrogens is 374 g/mol. The molecule has 20 heavy (non-hydrogen) atoms. The Kier molecular flexibility index (Phi) is 5.75. The first-order chi connectivity index (χ1) is 9.45. The van der Waals surface area contributed by atoms with Crippen LogP contribution in [0.4, 0.5) is 0 Å². The van der Waals surface area contributed by atoms with Crippen LogP contribution in [-0.2, 0) is 0 Å². The van der Waals surface area contributed by atoms with Crippen molar-refractivity contribution < 1.29 is 24.0 Å². The summed E-state index contributed by atoms with van der Waals surface area (Å²) in [4.78, 5) is 0. The third kappa shape index (κ3) is 3.47. The maximum absolute atomic E-state index is 2.23. The minimum absolute atomic E-state index is 0. The Balaban J connectivity index is 0.00000147. The maximum Gasteiger partial charge on any atom is -0.0134 e. The van der Waals surface area contributed by atoms with Gasteiger partial charge in [0.25, 0.3) is 0 Å². The molecule has 0 aliphatic rings. The summed E-state index contributed by atoms with van der Waals surface area (Å²) in [7, 11) is -0.446. The van der Waals surface area contributed by atoms with Gasteiger partial charge in [0.1, 0.15) is 0 Å². The normalized spacial score (nSPS) is 10.1. The predicted octanol–water partition coefficient (Wildman–Crippen LogP) is 0.449. The fourth-order valence-corrected chi connectivity index (χ4v) is 4.48. The second kappa shape index (κ2) is 7.56. The lowest BCUT2D eigenvalue weighted by molar-refractivity contribution is -0.00000358. The molecule has 0 N–H and O–H groups in total. The van der Waals surface area contributed by atoms with E-state index in [2.05, 4.69) is 91.0 Å². The molecule has 0 atom stereocenters. The second-order valence-electron chi connectivity index (χ2n) is 4.34. The average molecular weight is 389 g/mol. The first-order valence-corrected chi connectivity index (χ1v) is 7.74. The van der Waals surface area contributed by atoms with Gasteiger partial charge in [-0.1, -0.05) is 91.0 Å². The van der Waals surface area contributed by atoms with Gasteiger partial charge < -0.3 is 24.0 Å². The highest BCUT2D eigenvalue weighted by atomic mass is 127. The molecule has 0 saturated heterocycles. The summed E-state index contributed by atoms with van der Waals surface area (Å²) in [5.74, 6) is 0. The molecule has 3 rings (SSSR count). The van der Waals surface area contributed by atoms with Gasteiger partial charge in [-0.15, -0.1) is 0 Å². The third-order valence-electron chi connectivity index (χ3n) is 3.04. The first-order valence-electron chi connectivity index (χ1n) is 6.40. The summed E-state index contributed by atoms with van der Waals surface area (Å²) in [6, 6.07) is 32.3. The van der Waals surface area contributed by atoms with Crippen molar-refractivity contribution in [1.82, 2.24) is 0 Å². The van der Waals surface area contributed by atoms with Crippen LogP contribution < -0.4 is 39.9 Å². The summed E-state index contributed by atoms with van der Waals surface area (Å²) in [5.41, 5.74) is 0. The van der Waals surface area contributed by atoms with Crippen LogP contribution in [0.2, 0.25) is 0 Å². The van der Waals surface area contributed by atoms with Crippen molar-refractivity contribution in [3.05, 3.63) is 91.0 Å². The highest BCUT2D eigenvalue weighted by Crippen LogP contribution is 2.32. The van der Waals surface area contributed by atoms with Gasteiger partial charge in [-0.05, 0) is 23.8 Å². The van der Waals surface area contributed by atoms with E-state index < -0.39 is 7.92 Å². The monoisotopic (exact) mass is 389 g/mol. The topological polar surface area (TPSA) is 0 Å². The van der Waals surface area contributed by atoms with Crippen LogP contribution in [-0.4, -0.2) is 0 Å². The van der Waals surface area contributed by atoms with E-state index >= 15 is 0 Å². The SMILES string of the molecule is [I-].c1ccc(P(c2ccccc2)c2ccccc2)cc1. The van der Waals surface area contributed by atoms with Crippen molar-refractivity contribution in [1.29, 1.82) is 0 Å². The Bertz CT molecular complexity index is 529. The first kappa shape index (κ1) is 15.2. The molecule has 0 bridgehead atoms. The molecule has 0 aromatic heterocycles. The fourth-order valence-electron chi connectivity index (χ4n) is 2.18. The second-order valence-corrected chi connectivity index (χ2v) is 6.56. The van der Waals surface area contributed by atoms with E-state index in [1.165, 1.54) is 15.9 Å². The fraction of sp³-hybridized carbons (Fsp3) is 0. The van der Waals surface area contributed by atoms with Gasteiger partial charge in [0.05, 0.1) is 0 Å². The van der Waals surface area contributed by atoms with Crippen molar-refractivity contribution in [2.45, 2.75) is 0 Å². The molecule has 0 heterocycles. The Labute approximate surface area is 138 Å². The van der Waals surface area contributed by atoms with Gasteiger partial charge in [-0.2, -0.15) is 0 Å². The smallest absolute Gasteiger partial charge is 0.0134 e. The summed E-state index contributed by atoms with van der Waals surface area (Å²) in [6.07, 6.45) is 0. The molecule has 0 radical (unpaired) electrons. The minimum atomic E-state index is -0.446. The quantitative estimate of drug-likeness (QED) is 0.451. The van der Waals surface area contributed by atoms with Gasteiger partial charge >= 0.3 is 0 Å². The van der Waals surface area contributed by atoms with E-state index in [0.29, 0.717) is 0 Å². The van der Waals surface area contributed by atoms with E-state index in [1.807, 2.05) is 0 Å². The standard InChI is InChI=1S/C18H15P.HI/c1-4-10-16(11-5-1)19(17-12-6-2-7-13-17)18-14-8-3-9-15-18;/h1-15H;1H/p-1. The highest BCUT2D eigenvalue weighted by Gasteiger charge is 2.14. The summed E-state index contributed by atoms with van der Waals surface area (Å²) >= 11 is 0. The molecule has 0 aliphatic heterocycles. The van der Waals surface area contributed by atoms with Crippen LogP contribution in [0.5, 0.6) is 0 Å². The lowest BCUT2D eigenvalue weighted by atomic mass is 10.4. The van der Waals surface area contributed by atoms with E-state index in [0.717, 1.165) is 0 Å². The predicted molar refractivity (Wildman–Crippen MR) is 85.1 cm³/mol. The highest BCUT2D eigenvalue weighted by molar-refractivity contribution is 7.79. The molecule has 0 spiro atoms. The van der Waals surface area contributed by atoms with Gasteiger partial charge in [-0.3, -0.25) is 0 Å². The van der Waals surface area contributed by atoms with Crippen molar-refractivity contribution in [2.75, 3.05) is 0 Å². The van der Waals surface area contributed by atoms with Crippen molar-refractivity contribution >= 4 is 23.8 Å². The molecule has 0 unspecified atom stereocenters. The van der Waals surface area contributed by atoms with Crippen LogP contribution in [0.25, 0.3) is 0 Å². The Hall–Kier alpha value is -1.18. The molecule has 100 valence electrons. The zero-order valence-corrected chi connectivity index (χ0v) is 14.0. The number of rotatable bonds is 3. The Morgan fingerprint density at radius 1 is 0.400 bits per heavy atom. The lowest BCUT2D eigenvalue weighted by Gasteiger charge is -2.18. The van der Waals surface area contributed by atoms with Crippen LogP contribution in [0.3, 0.4) is 0 Å². The largest absolute Gasteiger partial charge is 1.00 e. The Morgan fingerprint density at radius 2 is 0.650 bits per heavy atom. The van der Waals surface area contributed by atoms with Crippen LogP contribution in [0.15, 0.2) is 91.0 Å².